The summed E-state index contributed by atoms with van der Waals surface area (Å²) in [6.45, 7) is 0. The van der Waals surface area contributed by atoms with Gasteiger partial charge in [-0.25, -0.2) is 4.39 Å². The zero-order valence-electron chi connectivity index (χ0n) is 10.6. The van der Waals surface area contributed by atoms with Gasteiger partial charge in [0, 0.05) is 18.0 Å². The van der Waals surface area contributed by atoms with Crippen molar-refractivity contribution in [3.63, 3.8) is 0 Å². The van der Waals surface area contributed by atoms with E-state index in [1.54, 1.807) is 16.8 Å². The van der Waals surface area contributed by atoms with Crippen molar-refractivity contribution in [2.75, 3.05) is 12.4 Å². The summed E-state index contributed by atoms with van der Waals surface area (Å²) < 4.78 is 16.2. The summed E-state index contributed by atoms with van der Waals surface area (Å²) in [5.41, 5.74) is 1.53. The monoisotopic (exact) mass is 286 g/mol. The summed E-state index contributed by atoms with van der Waals surface area (Å²) in [4.78, 5) is 2.91. The van der Waals surface area contributed by atoms with Gasteiger partial charge in [0.1, 0.15) is 11.2 Å². The van der Waals surface area contributed by atoms with Crippen LogP contribution >= 0.6 is 23.3 Å². The van der Waals surface area contributed by atoms with Crippen LogP contribution in [0.5, 0.6) is 0 Å². The van der Waals surface area contributed by atoms with Crippen LogP contribution in [0.1, 0.15) is 36.1 Å². The molecule has 2 N–H and O–H groups in total. The quantitative estimate of drug-likeness (QED) is 0.824. The maximum atomic E-state index is 12.8. The van der Waals surface area contributed by atoms with Crippen molar-refractivity contribution >= 4 is 28.3 Å². The largest absolute Gasteiger partial charge is 0.379 e. The lowest BCUT2D eigenvalue weighted by Gasteiger charge is -2.30. The predicted molar refractivity (Wildman–Crippen MR) is 77.4 cm³/mol. The third-order valence-electron chi connectivity index (χ3n) is 3.76. The summed E-state index contributed by atoms with van der Waals surface area (Å²) in [7, 11) is 1.99. The summed E-state index contributed by atoms with van der Waals surface area (Å²) >= 11 is 3.60. The number of halogens is 1. The number of alkyl halides is 1. The highest BCUT2D eigenvalue weighted by Crippen LogP contribution is 2.43. The van der Waals surface area contributed by atoms with Crippen LogP contribution in [0, 0.1) is 0 Å². The van der Waals surface area contributed by atoms with Gasteiger partial charge in [0.25, 0.3) is 0 Å². The van der Waals surface area contributed by atoms with E-state index in [1.807, 2.05) is 18.4 Å². The molecular weight excluding hydrogens is 267 g/mol. The van der Waals surface area contributed by atoms with E-state index in [-0.39, 0.29) is 0 Å². The number of thiophene rings is 1. The standard InChI is InChI=1S/C13H19FN2S2/c1-15-13-12(18-16-9-6-8(14)7-9)10-4-2-3-5-11(10)17-13/h8-9,15-16H,2-7H2,1H3. The second kappa shape index (κ2) is 5.39. The highest BCUT2D eigenvalue weighted by molar-refractivity contribution is 7.97. The Morgan fingerprint density at radius 3 is 2.78 bits per heavy atom. The van der Waals surface area contributed by atoms with Gasteiger partial charge in [0.05, 0.1) is 4.90 Å². The Balaban J connectivity index is 1.71. The van der Waals surface area contributed by atoms with Crippen LogP contribution in [0.25, 0.3) is 0 Å². The molecule has 1 aromatic rings. The average Bonchev–Trinajstić information content (AvgIpc) is 2.71. The first-order valence-corrected chi connectivity index (χ1v) is 8.30. The Labute approximate surface area is 116 Å². The van der Waals surface area contributed by atoms with E-state index < -0.39 is 6.17 Å². The van der Waals surface area contributed by atoms with Crippen LogP contribution in [-0.2, 0) is 12.8 Å². The van der Waals surface area contributed by atoms with Gasteiger partial charge in [-0.2, -0.15) is 0 Å². The fourth-order valence-electron chi connectivity index (χ4n) is 2.60. The van der Waals surface area contributed by atoms with Crippen LogP contribution in [0.4, 0.5) is 9.39 Å². The number of anilines is 1. The van der Waals surface area contributed by atoms with Gasteiger partial charge in [-0.05, 0) is 56.0 Å². The molecule has 2 aliphatic carbocycles. The van der Waals surface area contributed by atoms with Crippen LogP contribution < -0.4 is 10.0 Å². The molecule has 0 bridgehead atoms. The van der Waals surface area contributed by atoms with Gasteiger partial charge in [-0.15, -0.1) is 11.3 Å². The van der Waals surface area contributed by atoms with Crippen LogP contribution in [-0.4, -0.2) is 19.3 Å². The van der Waals surface area contributed by atoms with E-state index in [9.17, 15) is 4.39 Å². The van der Waals surface area contributed by atoms with E-state index in [0.717, 1.165) is 0 Å². The van der Waals surface area contributed by atoms with Gasteiger partial charge in [-0.1, -0.05) is 0 Å². The molecule has 1 aromatic heterocycles. The molecule has 1 saturated carbocycles. The first-order valence-electron chi connectivity index (χ1n) is 6.66. The van der Waals surface area contributed by atoms with Crippen molar-refractivity contribution in [2.24, 2.45) is 0 Å². The molecule has 0 unspecified atom stereocenters. The number of hydrogen-bond donors (Lipinski definition) is 2. The number of fused-ring (bicyclic) bond motifs is 1. The molecule has 2 nitrogen and oxygen atoms in total. The maximum Gasteiger partial charge on any atom is 0.104 e. The molecule has 0 aromatic carbocycles. The van der Waals surface area contributed by atoms with Gasteiger partial charge in [0.2, 0.25) is 0 Å². The Hall–Kier alpha value is -0.260. The van der Waals surface area contributed by atoms with Crippen molar-refractivity contribution in [2.45, 2.75) is 55.6 Å². The van der Waals surface area contributed by atoms with Gasteiger partial charge in [0.15, 0.2) is 0 Å². The van der Waals surface area contributed by atoms with Crippen LogP contribution in [0.15, 0.2) is 4.90 Å². The Bertz CT molecular complexity index is 427. The summed E-state index contributed by atoms with van der Waals surface area (Å²) in [5, 5.41) is 4.58. The molecule has 0 saturated heterocycles. The molecule has 100 valence electrons. The Morgan fingerprint density at radius 1 is 1.28 bits per heavy atom. The fourth-order valence-corrected chi connectivity index (χ4v) is 5.07. The molecule has 0 spiro atoms. The molecule has 18 heavy (non-hydrogen) atoms. The maximum absolute atomic E-state index is 12.8. The lowest BCUT2D eigenvalue weighted by Crippen LogP contribution is -2.38. The topological polar surface area (TPSA) is 24.1 Å². The number of rotatable bonds is 4. The second-order valence-corrected chi connectivity index (χ2v) is 7.06. The van der Waals surface area contributed by atoms with Gasteiger partial charge in [-0.3, -0.25) is 4.72 Å². The van der Waals surface area contributed by atoms with Gasteiger partial charge >= 0.3 is 0 Å². The van der Waals surface area contributed by atoms with Crippen molar-refractivity contribution in [3.8, 4) is 0 Å². The summed E-state index contributed by atoms with van der Waals surface area (Å²) in [6.07, 6.45) is 5.82. The molecule has 5 heteroatoms. The van der Waals surface area contributed by atoms with Gasteiger partial charge < -0.3 is 5.32 Å². The lowest BCUT2D eigenvalue weighted by atomic mass is 9.92. The van der Waals surface area contributed by atoms with Crippen LogP contribution in [0.3, 0.4) is 0 Å². The van der Waals surface area contributed by atoms with Crippen LogP contribution in [0.2, 0.25) is 0 Å². The van der Waals surface area contributed by atoms with Crippen molar-refractivity contribution < 1.29 is 4.39 Å². The molecular formula is C13H19FN2S2. The smallest absolute Gasteiger partial charge is 0.104 e. The average molecular weight is 286 g/mol. The van der Waals surface area contributed by atoms with E-state index in [1.165, 1.54) is 41.1 Å². The highest BCUT2D eigenvalue weighted by atomic mass is 32.2. The zero-order valence-corrected chi connectivity index (χ0v) is 12.2. The minimum absolute atomic E-state index is 0.355. The molecule has 0 aliphatic heterocycles. The Kier molecular flexibility index (Phi) is 3.82. The minimum atomic E-state index is -0.580. The molecule has 0 atom stereocenters. The molecule has 3 rings (SSSR count). The highest BCUT2D eigenvalue weighted by Gasteiger charge is 2.29. The zero-order chi connectivity index (χ0) is 12.5. The van der Waals surface area contributed by atoms with E-state index in [2.05, 4.69) is 10.0 Å². The normalized spacial score (nSPS) is 26.6. The van der Waals surface area contributed by atoms with Crippen molar-refractivity contribution in [1.82, 2.24) is 4.72 Å². The molecule has 0 radical (unpaired) electrons. The second-order valence-electron chi connectivity index (χ2n) is 5.10. The Morgan fingerprint density at radius 2 is 2.06 bits per heavy atom. The number of hydrogen-bond acceptors (Lipinski definition) is 4. The third-order valence-corrected chi connectivity index (χ3v) is 6.30. The number of nitrogens with one attached hydrogen (secondary N) is 2. The molecule has 1 fully saturated rings. The first kappa shape index (κ1) is 12.8. The molecule has 2 aliphatic rings. The molecule has 1 heterocycles. The van der Waals surface area contributed by atoms with Crippen molar-refractivity contribution in [3.05, 3.63) is 10.4 Å². The van der Waals surface area contributed by atoms with E-state index >= 15 is 0 Å². The summed E-state index contributed by atoms with van der Waals surface area (Å²) in [5.74, 6) is 0. The third kappa shape index (κ3) is 2.40. The minimum Gasteiger partial charge on any atom is -0.379 e. The number of aryl methyl sites for hydroxylation is 1. The molecule has 0 amide bonds. The lowest BCUT2D eigenvalue weighted by molar-refractivity contribution is 0.173. The SMILES string of the molecule is CNc1sc2c(c1SNC1CC(F)C1)CCCC2. The summed E-state index contributed by atoms with van der Waals surface area (Å²) in [6, 6.07) is 0.355. The first-order chi connectivity index (χ1) is 8.78. The van der Waals surface area contributed by atoms with E-state index in [4.69, 9.17) is 0 Å². The predicted octanol–water partition coefficient (Wildman–Crippen LogP) is 3.77. The fraction of sp³-hybridized carbons (Fsp3) is 0.692. The van der Waals surface area contributed by atoms with Crippen molar-refractivity contribution in [1.29, 1.82) is 0 Å². The van der Waals surface area contributed by atoms with E-state index in [0.29, 0.717) is 18.9 Å².